The Morgan fingerprint density at radius 1 is 1.08 bits per heavy atom. The Morgan fingerprint density at radius 3 is 2.40 bits per heavy atom. The second kappa shape index (κ2) is 9.08. The van der Waals surface area contributed by atoms with E-state index in [-0.39, 0.29) is 11.5 Å². The number of hydrogen-bond donors (Lipinski definition) is 0. The summed E-state index contributed by atoms with van der Waals surface area (Å²) in [4.78, 5) is 0.274. The molecule has 0 radical (unpaired) electrons. The summed E-state index contributed by atoms with van der Waals surface area (Å²) in [5.74, 6) is 0.742. The fourth-order valence-electron chi connectivity index (χ4n) is 2.16. The van der Waals surface area contributed by atoms with Crippen LogP contribution in [-0.2, 0) is 10.0 Å². The van der Waals surface area contributed by atoms with E-state index in [0.29, 0.717) is 13.0 Å². The quantitative estimate of drug-likeness (QED) is 0.633. The van der Waals surface area contributed by atoms with Crippen molar-refractivity contribution in [2.45, 2.75) is 18.2 Å². The summed E-state index contributed by atoms with van der Waals surface area (Å²) >= 11 is 0. The molecule has 0 heterocycles. The maximum absolute atomic E-state index is 12.8. The number of para-hydroxylation sites is 1. The predicted molar refractivity (Wildman–Crippen MR) is 101 cm³/mol. The van der Waals surface area contributed by atoms with E-state index in [1.807, 2.05) is 37.3 Å². The molecule has 4 nitrogen and oxygen atoms in total. The van der Waals surface area contributed by atoms with Gasteiger partial charge in [0.2, 0.25) is 0 Å². The van der Waals surface area contributed by atoms with Gasteiger partial charge in [0.1, 0.15) is 12.4 Å². The van der Waals surface area contributed by atoms with Crippen LogP contribution in [0.4, 0.5) is 0 Å². The Morgan fingerprint density at radius 2 is 1.76 bits per heavy atom. The van der Waals surface area contributed by atoms with Gasteiger partial charge in [0.15, 0.2) is 0 Å². The summed E-state index contributed by atoms with van der Waals surface area (Å²) in [6, 6.07) is 16.2. The van der Waals surface area contributed by atoms with Crippen molar-refractivity contribution >= 4 is 10.0 Å². The largest absolute Gasteiger partial charge is 0.489 e. The van der Waals surface area contributed by atoms with Crippen LogP contribution in [0.3, 0.4) is 0 Å². The Kier molecular flexibility index (Phi) is 6.83. The topological polar surface area (TPSA) is 46.6 Å². The number of hydrogen-bond acceptors (Lipinski definition) is 3. The maximum atomic E-state index is 12.8. The monoisotopic (exact) mass is 357 g/mol. The van der Waals surface area contributed by atoms with Crippen LogP contribution in [-0.4, -0.2) is 25.9 Å². The van der Waals surface area contributed by atoms with Gasteiger partial charge in [-0.1, -0.05) is 42.0 Å². The Balaban J connectivity index is 2.10. The molecule has 0 spiro atoms. The second-order valence-corrected chi connectivity index (χ2v) is 7.41. The van der Waals surface area contributed by atoms with Crippen LogP contribution >= 0.6 is 0 Å². The van der Waals surface area contributed by atoms with E-state index in [2.05, 4.69) is 6.58 Å². The average molecular weight is 357 g/mol. The molecule has 0 fully saturated rings. The molecule has 0 saturated heterocycles. The van der Waals surface area contributed by atoms with Gasteiger partial charge in [0.05, 0.1) is 4.90 Å². The third-order valence-electron chi connectivity index (χ3n) is 3.54. The highest BCUT2D eigenvalue weighted by molar-refractivity contribution is 7.89. The summed E-state index contributed by atoms with van der Waals surface area (Å²) in [7, 11) is -3.59. The predicted octanol–water partition coefficient (Wildman–Crippen LogP) is 4.15. The first-order chi connectivity index (χ1) is 12.0. The molecule has 2 aromatic carbocycles. The molecule has 0 saturated carbocycles. The van der Waals surface area contributed by atoms with Crippen molar-refractivity contribution < 1.29 is 13.2 Å². The highest BCUT2D eigenvalue weighted by Gasteiger charge is 2.20. The van der Waals surface area contributed by atoms with Crippen LogP contribution in [0, 0.1) is 6.92 Å². The lowest BCUT2D eigenvalue weighted by atomic mass is 10.2. The van der Waals surface area contributed by atoms with E-state index in [0.717, 1.165) is 11.3 Å². The molecular formula is C20H23NO3S. The van der Waals surface area contributed by atoms with Gasteiger partial charge in [0, 0.05) is 12.7 Å². The molecule has 5 heteroatoms. The van der Waals surface area contributed by atoms with Crippen LogP contribution in [0.25, 0.3) is 0 Å². The zero-order chi connectivity index (χ0) is 18.1. The number of sulfonamides is 1. The van der Waals surface area contributed by atoms with Crippen molar-refractivity contribution in [3.05, 3.63) is 85.1 Å². The zero-order valence-electron chi connectivity index (χ0n) is 14.3. The molecule has 0 atom stereocenters. The number of ether oxygens (including phenoxy) is 1. The fraction of sp³-hybridized carbons (Fsp3) is 0.200. The lowest BCUT2D eigenvalue weighted by Crippen LogP contribution is -2.27. The number of aryl methyl sites for hydroxylation is 1. The molecule has 0 aliphatic heterocycles. The van der Waals surface area contributed by atoms with Gasteiger partial charge < -0.3 is 4.74 Å². The van der Waals surface area contributed by atoms with Crippen LogP contribution < -0.4 is 4.74 Å². The molecular weight excluding hydrogens is 334 g/mol. The first-order valence-corrected chi connectivity index (χ1v) is 9.52. The molecule has 0 aromatic heterocycles. The first-order valence-electron chi connectivity index (χ1n) is 8.08. The fourth-order valence-corrected chi connectivity index (χ4v) is 3.50. The van der Waals surface area contributed by atoms with E-state index in [9.17, 15) is 8.42 Å². The second-order valence-electron chi connectivity index (χ2n) is 5.51. The van der Waals surface area contributed by atoms with Gasteiger partial charge in [-0.05, 0) is 43.7 Å². The van der Waals surface area contributed by atoms with Crippen molar-refractivity contribution in [1.29, 1.82) is 0 Å². The van der Waals surface area contributed by atoms with Crippen molar-refractivity contribution in [2.24, 2.45) is 0 Å². The van der Waals surface area contributed by atoms with Crippen LogP contribution in [0.5, 0.6) is 5.75 Å². The maximum Gasteiger partial charge on any atom is 0.263 e. The van der Waals surface area contributed by atoms with Crippen LogP contribution in [0.15, 0.2) is 84.4 Å². The molecule has 0 bridgehead atoms. The lowest BCUT2D eigenvalue weighted by Gasteiger charge is -2.20. The molecule has 25 heavy (non-hydrogen) atoms. The van der Waals surface area contributed by atoms with E-state index >= 15 is 0 Å². The van der Waals surface area contributed by atoms with Gasteiger partial charge in [-0.3, -0.25) is 4.31 Å². The number of rotatable bonds is 9. The first kappa shape index (κ1) is 18.8. The number of nitrogens with zero attached hydrogens (tertiary/aromatic N) is 1. The highest BCUT2D eigenvalue weighted by atomic mass is 32.2. The van der Waals surface area contributed by atoms with E-state index in [1.165, 1.54) is 4.31 Å². The summed E-state index contributed by atoms with van der Waals surface area (Å²) in [6.07, 6.45) is 5.52. The Hall–Kier alpha value is -2.53. The normalized spacial score (nSPS) is 11.4. The molecule has 0 aliphatic carbocycles. The average Bonchev–Trinajstić information content (AvgIpc) is 2.62. The smallest absolute Gasteiger partial charge is 0.263 e. The number of benzene rings is 2. The Labute approximate surface area is 150 Å². The highest BCUT2D eigenvalue weighted by Crippen LogP contribution is 2.17. The molecule has 0 unspecified atom stereocenters. The van der Waals surface area contributed by atoms with E-state index < -0.39 is 10.0 Å². The van der Waals surface area contributed by atoms with Crippen LogP contribution in [0.2, 0.25) is 0 Å². The van der Waals surface area contributed by atoms with Gasteiger partial charge in [-0.25, -0.2) is 8.42 Å². The molecule has 0 N–H and O–H groups in total. The van der Waals surface area contributed by atoms with Gasteiger partial charge in [-0.2, -0.15) is 0 Å². The molecule has 132 valence electrons. The summed E-state index contributed by atoms with van der Waals surface area (Å²) < 4.78 is 32.5. The van der Waals surface area contributed by atoms with Gasteiger partial charge in [-0.15, -0.1) is 6.58 Å². The van der Waals surface area contributed by atoms with E-state index in [4.69, 9.17) is 4.74 Å². The van der Waals surface area contributed by atoms with Crippen molar-refractivity contribution in [1.82, 2.24) is 4.31 Å². The van der Waals surface area contributed by atoms with Gasteiger partial charge in [0.25, 0.3) is 10.0 Å². The standard InChI is InChI=1S/C20H23NO3S/c1-3-4-15-21(16-8-17-24-19-9-6-5-7-10-19)25(22,23)20-13-11-18(2)12-14-20/h3,5-14,16H,1,4,15,17H2,2H3/b16-8+. The molecule has 0 aliphatic rings. The minimum absolute atomic E-state index is 0.274. The minimum atomic E-state index is -3.59. The Bertz CT molecular complexity index is 797. The third kappa shape index (κ3) is 5.50. The minimum Gasteiger partial charge on any atom is -0.489 e. The van der Waals surface area contributed by atoms with Crippen molar-refractivity contribution in [3.8, 4) is 5.75 Å². The summed E-state index contributed by atoms with van der Waals surface area (Å²) in [6.45, 7) is 6.21. The van der Waals surface area contributed by atoms with Crippen molar-refractivity contribution in [2.75, 3.05) is 13.2 Å². The van der Waals surface area contributed by atoms with Crippen LogP contribution in [0.1, 0.15) is 12.0 Å². The third-order valence-corrected chi connectivity index (χ3v) is 5.33. The van der Waals surface area contributed by atoms with E-state index in [1.54, 1.807) is 42.6 Å². The molecule has 2 rings (SSSR count). The summed E-state index contributed by atoms with van der Waals surface area (Å²) in [5.41, 5.74) is 1.02. The zero-order valence-corrected chi connectivity index (χ0v) is 15.2. The molecule has 0 amide bonds. The summed E-state index contributed by atoms with van der Waals surface area (Å²) in [5, 5.41) is 0. The van der Waals surface area contributed by atoms with Gasteiger partial charge >= 0.3 is 0 Å². The molecule has 2 aromatic rings. The SMILES string of the molecule is C=CCCN(/C=C/COc1ccccc1)S(=O)(=O)c1ccc(C)cc1. The lowest BCUT2D eigenvalue weighted by molar-refractivity contribution is 0.360. The van der Waals surface area contributed by atoms with Crippen molar-refractivity contribution in [3.63, 3.8) is 0 Å².